The fourth-order valence-corrected chi connectivity index (χ4v) is 4.89. The third-order valence-electron chi connectivity index (χ3n) is 6.41. The van der Waals surface area contributed by atoms with Gasteiger partial charge in [-0.3, -0.25) is 0 Å². The van der Waals surface area contributed by atoms with E-state index in [1.165, 1.54) is 0 Å². The van der Waals surface area contributed by atoms with Gasteiger partial charge >= 0.3 is 5.97 Å². The van der Waals surface area contributed by atoms with E-state index in [1.54, 1.807) is 32.2 Å². The molecule has 0 aliphatic rings. The quantitative estimate of drug-likeness (QED) is 0.268. The number of fused-ring (bicyclic) bond motifs is 4. The molecule has 0 spiro atoms. The number of halogens is 1. The first kappa shape index (κ1) is 23.1. The molecule has 2 aromatic heterocycles. The van der Waals surface area contributed by atoms with Crippen LogP contribution < -0.4 is 0 Å². The van der Waals surface area contributed by atoms with Crippen LogP contribution >= 0.6 is 0 Å². The van der Waals surface area contributed by atoms with Crippen LogP contribution in [-0.4, -0.2) is 40.4 Å². The lowest BCUT2D eigenvalue weighted by molar-refractivity contribution is 0.0526. The molecule has 180 valence electrons. The second-order valence-electron chi connectivity index (χ2n) is 8.62. The largest absolute Gasteiger partial charge is 0.462 e. The highest BCUT2D eigenvalue weighted by molar-refractivity contribution is 6.09. The molecule has 0 aliphatic carbocycles. The molecule has 0 unspecified atom stereocenters. The van der Waals surface area contributed by atoms with Crippen LogP contribution in [0.1, 0.15) is 29.8 Å². The molecule has 5 aromatic rings. The molecule has 0 aliphatic heterocycles. The van der Waals surface area contributed by atoms with E-state index in [-0.39, 0.29) is 11.8 Å². The van der Waals surface area contributed by atoms with Crippen LogP contribution in [0, 0.1) is 12.7 Å². The number of methoxy groups -OCH3 is 1. The van der Waals surface area contributed by atoms with E-state index in [2.05, 4.69) is 10.6 Å². The molecule has 2 heterocycles. The maximum atomic E-state index is 15.0. The Hall–Kier alpha value is -3.71. The normalized spacial score (nSPS) is 11.7. The van der Waals surface area contributed by atoms with Gasteiger partial charge in [0.15, 0.2) is 0 Å². The summed E-state index contributed by atoms with van der Waals surface area (Å²) in [6, 6.07) is 15.2. The Morgan fingerprint density at radius 3 is 2.54 bits per heavy atom. The van der Waals surface area contributed by atoms with Gasteiger partial charge in [0.1, 0.15) is 11.6 Å². The summed E-state index contributed by atoms with van der Waals surface area (Å²) in [5.74, 6) is 0.192. The number of esters is 1. The highest BCUT2D eigenvalue weighted by Gasteiger charge is 2.19. The molecule has 0 fully saturated rings. The summed E-state index contributed by atoms with van der Waals surface area (Å²) < 4.78 is 29.6. The fraction of sp³-hybridized carbons (Fsp3) is 0.286. The highest BCUT2D eigenvalue weighted by Crippen LogP contribution is 2.35. The van der Waals surface area contributed by atoms with Crippen molar-refractivity contribution in [2.75, 3.05) is 20.3 Å². The van der Waals surface area contributed by atoms with Gasteiger partial charge in [-0.25, -0.2) is 14.2 Å². The highest BCUT2D eigenvalue weighted by atomic mass is 19.1. The Morgan fingerprint density at radius 2 is 1.80 bits per heavy atom. The predicted molar refractivity (Wildman–Crippen MR) is 136 cm³/mol. The zero-order valence-corrected chi connectivity index (χ0v) is 20.4. The van der Waals surface area contributed by atoms with Crippen molar-refractivity contribution in [3.05, 3.63) is 65.5 Å². The summed E-state index contributed by atoms with van der Waals surface area (Å²) in [6.45, 7) is 7.82. The molecule has 3 aromatic carbocycles. The van der Waals surface area contributed by atoms with Gasteiger partial charge in [0.2, 0.25) is 0 Å². The molecule has 7 heteroatoms. The average Bonchev–Trinajstić information content (AvgIpc) is 3.37. The van der Waals surface area contributed by atoms with Crippen LogP contribution in [0.2, 0.25) is 0 Å². The smallest absolute Gasteiger partial charge is 0.338 e. The van der Waals surface area contributed by atoms with Crippen LogP contribution in [0.4, 0.5) is 4.39 Å². The van der Waals surface area contributed by atoms with Gasteiger partial charge in [-0.1, -0.05) is 0 Å². The number of nitrogens with zero attached hydrogens (tertiary/aromatic N) is 3. The van der Waals surface area contributed by atoms with E-state index < -0.39 is 0 Å². The standard InChI is InChI=1S/C28H28FN3O3/c1-5-31-24-9-7-18(15-20(24)21-13-17(3)14-22(29)26(21)31)27-30-23-16-19(28(33)35-6-2)8-10-25(23)32(27)11-12-34-4/h7-10,13-16H,5-6,11-12H2,1-4H3. The van der Waals surface area contributed by atoms with E-state index >= 15 is 0 Å². The summed E-state index contributed by atoms with van der Waals surface area (Å²) >= 11 is 0. The van der Waals surface area contributed by atoms with Gasteiger partial charge in [-0.2, -0.15) is 0 Å². The van der Waals surface area contributed by atoms with Crippen LogP contribution in [0.3, 0.4) is 0 Å². The molecule has 0 amide bonds. The lowest BCUT2D eigenvalue weighted by atomic mass is 10.1. The first-order valence-electron chi connectivity index (χ1n) is 11.9. The Bertz CT molecular complexity index is 1580. The first-order valence-corrected chi connectivity index (χ1v) is 11.9. The summed E-state index contributed by atoms with van der Waals surface area (Å²) in [7, 11) is 1.67. The van der Waals surface area contributed by atoms with E-state index in [4.69, 9.17) is 14.5 Å². The number of benzene rings is 3. The summed E-state index contributed by atoms with van der Waals surface area (Å²) in [6.07, 6.45) is 0. The van der Waals surface area contributed by atoms with Gasteiger partial charge in [0, 0.05) is 42.1 Å². The van der Waals surface area contributed by atoms with Crippen molar-refractivity contribution >= 4 is 38.8 Å². The molecular formula is C28H28FN3O3. The number of carbonyl (C=O) groups excluding carboxylic acids is 1. The number of hydrogen-bond donors (Lipinski definition) is 0. The molecule has 5 rings (SSSR count). The van der Waals surface area contributed by atoms with E-state index in [0.29, 0.717) is 42.9 Å². The maximum Gasteiger partial charge on any atom is 0.338 e. The van der Waals surface area contributed by atoms with Gasteiger partial charge in [-0.15, -0.1) is 0 Å². The van der Waals surface area contributed by atoms with Crippen LogP contribution in [-0.2, 0) is 22.6 Å². The zero-order chi connectivity index (χ0) is 24.7. The number of hydrogen-bond acceptors (Lipinski definition) is 4. The molecule has 0 saturated heterocycles. The lowest BCUT2D eigenvalue weighted by Gasteiger charge is -2.10. The number of aryl methyl sites for hydroxylation is 2. The van der Waals surface area contributed by atoms with Crippen LogP contribution in [0.25, 0.3) is 44.2 Å². The monoisotopic (exact) mass is 473 g/mol. The first-order chi connectivity index (χ1) is 17.0. The van der Waals surface area contributed by atoms with Crippen LogP contribution in [0.15, 0.2) is 48.5 Å². The molecule has 0 radical (unpaired) electrons. The zero-order valence-electron chi connectivity index (χ0n) is 20.4. The number of carbonyl (C=O) groups is 1. The Morgan fingerprint density at radius 1 is 1.00 bits per heavy atom. The SMILES string of the molecule is CCOC(=O)c1ccc2c(c1)nc(-c1ccc3c(c1)c1cc(C)cc(F)c1n3CC)n2CCOC. The fourth-order valence-electron chi connectivity index (χ4n) is 4.89. The molecule has 0 atom stereocenters. The average molecular weight is 474 g/mol. The summed E-state index contributed by atoms with van der Waals surface area (Å²) in [5.41, 5.74) is 5.49. The van der Waals surface area contributed by atoms with Gasteiger partial charge in [-0.05, 0) is 74.9 Å². The lowest BCUT2D eigenvalue weighted by Crippen LogP contribution is -2.06. The van der Waals surface area contributed by atoms with E-state index in [0.717, 1.165) is 38.8 Å². The maximum absolute atomic E-state index is 15.0. The van der Waals surface area contributed by atoms with Crippen molar-refractivity contribution in [2.24, 2.45) is 0 Å². The topological polar surface area (TPSA) is 58.3 Å². The van der Waals surface area contributed by atoms with E-state index in [1.807, 2.05) is 42.7 Å². The summed E-state index contributed by atoms with van der Waals surface area (Å²) in [5, 5.41) is 1.88. The van der Waals surface area contributed by atoms with Crippen molar-refractivity contribution in [2.45, 2.75) is 33.9 Å². The molecule has 35 heavy (non-hydrogen) atoms. The van der Waals surface area contributed by atoms with Gasteiger partial charge < -0.3 is 18.6 Å². The second-order valence-corrected chi connectivity index (χ2v) is 8.62. The van der Waals surface area contributed by atoms with Crippen molar-refractivity contribution in [3.63, 3.8) is 0 Å². The minimum absolute atomic E-state index is 0.210. The van der Waals surface area contributed by atoms with E-state index in [9.17, 15) is 9.18 Å². The molecule has 0 bridgehead atoms. The third-order valence-corrected chi connectivity index (χ3v) is 6.41. The van der Waals surface area contributed by atoms with Crippen molar-refractivity contribution in [1.82, 2.24) is 14.1 Å². The summed E-state index contributed by atoms with van der Waals surface area (Å²) in [4.78, 5) is 17.2. The van der Waals surface area contributed by atoms with Crippen molar-refractivity contribution in [3.8, 4) is 11.4 Å². The van der Waals surface area contributed by atoms with Crippen molar-refractivity contribution in [1.29, 1.82) is 0 Å². The molecule has 6 nitrogen and oxygen atoms in total. The van der Waals surface area contributed by atoms with Gasteiger partial charge in [0.05, 0.1) is 35.3 Å². The number of aromatic nitrogens is 3. The second kappa shape index (κ2) is 9.15. The Balaban J connectivity index is 1.73. The number of imidazole rings is 1. The minimum atomic E-state index is -0.367. The minimum Gasteiger partial charge on any atom is -0.462 e. The molecule has 0 N–H and O–H groups in total. The molecule has 0 saturated carbocycles. The number of rotatable bonds is 7. The Labute approximate surface area is 202 Å². The predicted octanol–water partition coefficient (Wildman–Crippen LogP) is 6.10. The van der Waals surface area contributed by atoms with Crippen LogP contribution in [0.5, 0.6) is 0 Å². The number of ether oxygens (including phenoxy) is 2. The van der Waals surface area contributed by atoms with Gasteiger partial charge in [0.25, 0.3) is 0 Å². The molecular weight excluding hydrogens is 445 g/mol. The third kappa shape index (κ3) is 3.86. The van der Waals surface area contributed by atoms with Crippen molar-refractivity contribution < 1.29 is 18.7 Å². The Kier molecular flexibility index (Phi) is 6.03.